The normalized spacial score (nSPS) is 16.2. The van der Waals surface area contributed by atoms with E-state index in [0.29, 0.717) is 11.4 Å². The molecule has 0 amide bonds. The summed E-state index contributed by atoms with van der Waals surface area (Å²) >= 11 is 0. The van der Waals surface area contributed by atoms with Crippen LogP contribution in [0.15, 0.2) is 59.4 Å². The van der Waals surface area contributed by atoms with Crippen LogP contribution in [-0.4, -0.2) is 56.3 Å². The van der Waals surface area contributed by atoms with Crippen molar-refractivity contribution in [2.75, 3.05) is 31.1 Å². The molecule has 8 nitrogen and oxygen atoms in total. The maximum absolute atomic E-state index is 13.4. The zero-order chi connectivity index (χ0) is 23.9. The van der Waals surface area contributed by atoms with Crippen LogP contribution in [-0.2, 0) is 5.54 Å². The van der Waals surface area contributed by atoms with E-state index in [1.165, 1.54) is 5.69 Å². The number of fused-ring (bicyclic) bond motifs is 1. The molecule has 0 radical (unpaired) electrons. The number of nitrogens with one attached hydrogen (secondary N) is 1. The number of hydrogen-bond donors (Lipinski definition) is 1. The van der Waals surface area contributed by atoms with Crippen LogP contribution in [0.2, 0.25) is 0 Å². The molecule has 3 heterocycles. The van der Waals surface area contributed by atoms with Gasteiger partial charge in [0.05, 0.1) is 5.54 Å². The van der Waals surface area contributed by atoms with Gasteiger partial charge in [-0.05, 0) is 73.8 Å². The van der Waals surface area contributed by atoms with Crippen LogP contribution >= 0.6 is 0 Å². The van der Waals surface area contributed by atoms with Gasteiger partial charge in [0.25, 0.3) is 5.56 Å². The SMILES string of the molecule is Cc1ccc2[nH]c(=O)c([C@@H](c3nnnn3C(C)(C)C)N3CCN(c4ccccc4)CC3)cc2c1. The Hall–Kier alpha value is -3.52. The molecule has 0 saturated carbocycles. The number of nitrogens with zero attached hydrogens (tertiary/aromatic N) is 6. The molecule has 176 valence electrons. The monoisotopic (exact) mass is 457 g/mol. The van der Waals surface area contributed by atoms with E-state index < -0.39 is 0 Å². The fraction of sp³-hybridized carbons (Fsp3) is 0.385. The van der Waals surface area contributed by atoms with Gasteiger partial charge in [-0.2, -0.15) is 0 Å². The second-order valence-electron chi connectivity index (χ2n) is 10.0. The molecule has 1 aliphatic heterocycles. The number of piperazine rings is 1. The molecule has 0 aliphatic carbocycles. The Labute approximate surface area is 199 Å². The Kier molecular flexibility index (Phi) is 5.69. The molecule has 8 heteroatoms. The minimum atomic E-state index is -0.346. The molecule has 1 saturated heterocycles. The first-order valence-corrected chi connectivity index (χ1v) is 11.8. The third-order valence-corrected chi connectivity index (χ3v) is 6.50. The molecule has 0 unspecified atom stereocenters. The van der Waals surface area contributed by atoms with Crippen LogP contribution in [0.1, 0.15) is 43.8 Å². The Balaban J connectivity index is 1.57. The molecule has 0 spiro atoms. The number of pyridine rings is 1. The van der Waals surface area contributed by atoms with Crippen molar-refractivity contribution >= 4 is 16.6 Å². The second-order valence-corrected chi connectivity index (χ2v) is 10.0. The van der Waals surface area contributed by atoms with Gasteiger partial charge in [-0.15, -0.1) is 5.10 Å². The summed E-state index contributed by atoms with van der Waals surface area (Å²) in [6.07, 6.45) is 0. The van der Waals surface area contributed by atoms with Crippen molar-refractivity contribution in [1.82, 2.24) is 30.1 Å². The molecule has 2 aromatic carbocycles. The van der Waals surface area contributed by atoms with Gasteiger partial charge in [-0.25, -0.2) is 4.68 Å². The molecule has 1 atom stereocenters. The highest BCUT2D eigenvalue weighted by molar-refractivity contribution is 5.79. The van der Waals surface area contributed by atoms with E-state index in [1.807, 2.05) is 28.9 Å². The maximum atomic E-state index is 13.4. The average Bonchev–Trinajstić information content (AvgIpc) is 3.31. The number of rotatable bonds is 4. The minimum Gasteiger partial charge on any atom is -0.369 e. The van der Waals surface area contributed by atoms with Crippen molar-refractivity contribution in [3.05, 3.63) is 81.9 Å². The van der Waals surface area contributed by atoms with Gasteiger partial charge in [0, 0.05) is 42.9 Å². The standard InChI is InChI=1S/C26H31N7O/c1-18-10-11-22-19(16-18)17-21(25(34)27-22)23(24-28-29-30-33(24)26(2,3)4)32-14-12-31(13-15-32)20-8-6-5-7-9-20/h5-11,16-17,23H,12-15H2,1-4H3,(H,27,34)/t23-/m0/s1. The first kappa shape index (κ1) is 22.3. The molecule has 5 rings (SSSR count). The summed E-state index contributed by atoms with van der Waals surface area (Å²) in [4.78, 5) is 21.2. The van der Waals surface area contributed by atoms with E-state index in [-0.39, 0.29) is 17.1 Å². The Morgan fingerprint density at radius 1 is 0.971 bits per heavy atom. The summed E-state index contributed by atoms with van der Waals surface area (Å²) in [6, 6.07) is 18.2. The molecular formula is C26H31N7O. The molecular weight excluding hydrogens is 426 g/mol. The number of H-pyrrole nitrogens is 1. The summed E-state index contributed by atoms with van der Waals surface area (Å²) in [5.41, 5.74) is 3.46. The van der Waals surface area contributed by atoms with E-state index in [9.17, 15) is 4.79 Å². The van der Waals surface area contributed by atoms with Gasteiger partial charge in [0.15, 0.2) is 5.82 Å². The largest absolute Gasteiger partial charge is 0.369 e. The van der Waals surface area contributed by atoms with Crippen molar-refractivity contribution < 1.29 is 0 Å². The number of aromatic nitrogens is 5. The van der Waals surface area contributed by atoms with E-state index in [1.54, 1.807) is 0 Å². The zero-order valence-electron chi connectivity index (χ0n) is 20.2. The van der Waals surface area contributed by atoms with Crippen LogP contribution in [0.4, 0.5) is 5.69 Å². The smallest absolute Gasteiger partial charge is 0.253 e. The summed E-state index contributed by atoms with van der Waals surface area (Å²) in [7, 11) is 0. The van der Waals surface area contributed by atoms with Crippen molar-refractivity contribution in [3.63, 3.8) is 0 Å². The van der Waals surface area contributed by atoms with E-state index in [4.69, 9.17) is 0 Å². The fourth-order valence-corrected chi connectivity index (χ4v) is 4.76. The molecule has 1 fully saturated rings. The Morgan fingerprint density at radius 3 is 2.41 bits per heavy atom. The highest BCUT2D eigenvalue weighted by atomic mass is 16.1. The second kappa shape index (κ2) is 8.68. The summed E-state index contributed by atoms with van der Waals surface area (Å²) < 4.78 is 1.85. The summed E-state index contributed by atoms with van der Waals surface area (Å²) in [5, 5.41) is 13.8. The van der Waals surface area contributed by atoms with Gasteiger partial charge in [0.1, 0.15) is 6.04 Å². The zero-order valence-corrected chi connectivity index (χ0v) is 20.2. The number of hydrogen-bond acceptors (Lipinski definition) is 6. The molecule has 4 aromatic rings. The van der Waals surface area contributed by atoms with Crippen LogP contribution < -0.4 is 10.5 Å². The number of aryl methyl sites for hydroxylation is 1. The third kappa shape index (κ3) is 4.21. The van der Waals surface area contributed by atoms with E-state index in [2.05, 4.69) is 88.3 Å². The molecule has 1 aliphatic rings. The predicted molar refractivity (Wildman–Crippen MR) is 134 cm³/mol. The number of anilines is 1. The fourth-order valence-electron chi connectivity index (χ4n) is 4.76. The number of para-hydroxylation sites is 1. The van der Waals surface area contributed by atoms with E-state index in [0.717, 1.165) is 42.6 Å². The quantitative estimate of drug-likeness (QED) is 0.505. The van der Waals surface area contributed by atoms with Gasteiger partial charge in [-0.1, -0.05) is 29.8 Å². The van der Waals surface area contributed by atoms with Crippen molar-refractivity contribution in [2.45, 2.75) is 39.3 Å². The van der Waals surface area contributed by atoms with Gasteiger partial charge in [-0.3, -0.25) is 9.69 Å². The number of tetrazole rings is 1. The highest BCUT2D eigenvalue weighted by Crippen LogP contribution is 2.31. The van der Waals surface area contributed by atoms with Gasteiger partial charge >= 0.3 is 0 Å². The van der Waals surface area contributed by atoms with Crippen molar-refractivity contribution in [2.24, 2.45) is 0 Å². The van der Waals surface area contributed by atoms with Gasteiger partial charge in [0.2, 0.25) is 0 Å². The third-order valence-electron chi connectivity index (χ3n) is 6.50. The van der Waals surface area contributed by atoms with Gasteiger partial charge < -0.3 is 9.88 Å². The number of aromatic amines is 1. The first-order chi connectivity index (χ1) is 16.3. The predicted octanol–water partition coefficient (Wildman–Crippen LogP) is 3.49. The lowest BCUT2D eigenvalue weighted by atomic mass is 10.0. The Morgan fingerprint density at radius 2 is 1.71 bits per heavy atom. The van der Waals surface area contributed by atoms with Crippen LogP contribution in [0.3, 0.4) is 0 Å². The summed E-state index contributed by atoms with van der Waals surface area (Å²) in [6.45, 7) is 11.6. The lowest BCUT2D eigenvalue weighted by Crippen LogP contribution is -2.49. The highest BCUT2D eigenvalue weighted by Gasteiger charge is 2.35. The van der Waals surface area contributed by atoms with Crippen LogP contribution in [0, 0.1) is 6.92 Å². The lowest BCUT2D eigenvalue weighted by molar-refractivity contribution is 0.190. The first-order valence-electron chi connectivity index (χ1n) is 11.8. The average molecular weight is 458 g/mol. The number of benzene rings is 2. The van der Waals surface area contributed by atoms with Crippen LogP contribution in [0.25, 0.3) is 10.9 Å². The van der Waals surface area contributed by atoms with Crippen LogP contribution in [0.5, 0.6) is 0 Å². The molecule has 2 aromatic heterocycles. The van der Waals surface area contributed by atoms with Crippen molar-refractivity contribution in [1.29, 1.82) is 0 Å². The Bertz CT molecular complexity index is 1350. The molecule has 34 heavy (non-hydrogen) atoms. The minimum absolute atomic E-state index is 0.102. The van der Waals surface area contributed by atoms with Crippen molar-refractivity contribution in [3.8, 4) is 0 Å². The topological polar surface area (TPSA) is 82.9 Å². The molecule has 1 N–H and O–H groups in total. The lowest BCUT2D eigenvalue weighted by Gasteiger charge is -2.40. The summed E-state index contributed by atoms with van der Waals surface area (Å²) in [5.74, 6) is 0.693. The maximum Gasteiger partial charge on any atom is 0.253 e. The molecule has 0 bridgehead atoms. The van der Waals surface area contributed by atoms with E-state index >= 15 is 0 Å².